The van der Waals surface area contributed by atoms with Crippen molar-refractivity contribution in [3.8, 4) is 0 Å². The van der Waals surface area contributed by atoms with E-state index in [2.05, 4.69) is 5.32 Å². The van der Waals surface area contributed by atoms with Gasteiger partial charge in [-0.1, -0.05) is 30.3 Å². The molecule has 0 aliphatic carbocycles. The quantitative estimate of drug-likeness (QED) is 0.686. The molecule has 0 heterocycles. The first-order chi connectivity index (χ1) is 8.15. The summed E-state index contributed by atoms with van der Waals surface area (Å²) in [7, 11) is 0. The number of hydrogen-bond acceptors (Lipinski definition) is 3. The van der Waals surface area contributed by atoms with Crippen molar-refractivity contribution in [2.24, 2.45) is 11.5 Å². The lowest BCUT2D eigenvalue weighted by atomic mass is 10.1. The van der Waals surface area contributed by atoms with Crippen LogP contribution in [0.25, 0.3) is 0 Å². The van der Waals surface area contributed by atoms with Crippen molar-refractivity contribution in [3.63, 3.8) is 0 Å². The van der Waals surface area contributed by atoms with E-state index in [0.29, 0.717) is 13.0 Å². The highest BCUT2D eigenvalue weighted by atomic mass is 16.2. The summed E-state index contributed by atoms with van der Waals surface area (Å²) < 4.78 is 0. The Morgan fingerprint density at radius 2 is 2.00 bits per heavy atom. The Bertz CT molecular complexity index is 340. The fourth-order valence-corrected chi connectivity index (χ4v) is 1.61. The number of carbonyl (C=O) groups excluding carboxylic acids is 1. The minimum Gasteiger partial charge on any atom is -0.348 e. The van der Waals surface area contributed by atoms with Gasteiger partial charge in [0.05, 0.1) is 12.1 Å². The summed E-state index contributed by atoms with van der Waals surface area (Å²) in [6, 6.07) is 9.33. The maximum Gasteiger partial charge on any atom is 0.237 e. The molecule has 4 nitrogen and oxygen atoms in total. The fraction of sp³-hybridized carbons (Fsp3) is 0.462. The van der Waals surface area contributed by atoms with Crippen molar-refractivity contribution in [2.45, 2.75) is 31.8 Å². The van der Waals surface area contributed by atoms with Crippen molar-refractivity contribution in [1.82, 2.24) is 5.32 Å². The first-order valence-electron chi connectivity index (χ1n) is 5.96. The van der Waals surface area contributed by atoms with E-state index in [1.54, 1.807) is 0 Å². The number of carbonyl (C=O) groups is 1. The Labute approximate surface area is 102 Å². The standard InChI is InChI=1S/C13H21N3O/c1-10(11-6-3-2-4-7-11)16-13(17)12(15)8-5-9-14/h2-4,6-7,10,12H,5,8-9,14-15H2,1H3,(H,16,17)/t10?,12-/m0/s1. The first-order valence-corrected chi connectivity index (χ1v) is 5.96. The molecule has 4 heteroatoms. The van der Waals surface area contributed by atoms with Crippen molar-refractivity contribution >= 4 is 5.91 Å². The average Bonchev–Trinajstić information content (AvgIpc) is 2.36. The van der Waals surface area contributed by atoms with Crippen LogP contribution in [0.15, 0.2) is 30.3 Å². The maximum atomic E-state index is 11.8. The van der Waals surface area contributed by atoms with E-state index in [9.17, 15) is 4.79 Å². The zero-order valence-corrected chi connectivity index (χ0v) is 10.2. The molecule has 2 atom stereocenters. The summed E-state index contributed by atoms with van der Waals surface area (Å²) in [5.74, 6) is -0.116. The summed E-state index contributed by atoms with van der Waals surface area (Å²) in [6.07, 6.45) is 1.40. The Kier molecular flexibility index (Phi) is 5.66. The molecule has 0 aromatic heterocycles. The molecule has 0 aliphatic heterocycles. The van der Waals surface area contributed by atoms with Gasteiger partial charge in [-0.15, -0.1) is 0 Å². The van der Waals surface area contributed by atoms with Crippen molar-refractivity contribution in [3.05, 3.63) is 35.9 Å². The van der Waals surface area contributed by atoms with Gasteiger partial charge in [0.2, 0.25) is 5.91 Å². The van der Waals surface area contributed by atoms with Crippen LogP contribution in [-0.2, 0) is 4.79 Å². The van der Waals surface area contributed by atoms with Gasteiger partial charge >= 0.3 is 0 Å². The largest absolute Gasteiger partial charge is 0.348 e. The predicted octanol–water partition coefficient (Wildman–Crippen LogP) is 0.930. The highest BCUT2D eigenvalue weighted by molar-refractivity contribution is 5.81. The van der Waals surface area contributed by atoms with Crippen LogP contribution >= 0.6 is 0 Å². The molecule has 17 heavy (non-hydrogen) atoms. The molecule has 0 saturated heterocycles. The maximum absolute atomic E-state index is 11.8. The van der Waals surface area contributed by atoms with Crippen molar-refractivity contribution in [2.75, 3.05) is 6.54 Å². The number of hydrogen-bond donors (Lipinski definition) is 3. The minimum atomic E-state index is -0.468. The summed E-state index contributed by atoms with van der Waals surface area (Å²) in [6.45, 7) is 2.51. The molecule has 5 N–H and O–H groups in total. The van der Waals surface area contributed by atoms with Crippen molar-refractivity contribution < 1.29 is 4.79 Å². The van der Waals surface area contributed by atoms with Gasteiger partial charge in [0, 0.05) is 0 Å². The van der Waals surface area contributed by atoms with Gasteiger partial charge in [-0.05, 0) is 31.9 Å². The van der Waals surface area contributed by atoms with E-state index >= 15 is 0 Å². The normalized spacial score (nSPS) is 14.1. The molecule has 0 fully saturated rings. The van der Waals surface area contributed by atoms with Crippen LogP contribution in [0, 0.1) is 0 Å². The Morgan fingerprint density at radius 3 is 2.59 bits per heavy atom. The SMILES string of the molecule is CC(NC(=O)[C@@H](N)CCCN)c1ccccc1. The molecule has 0 radical (unpaired) electrons. The molecular weight excluding hydrogens is 214 g/mol. The van der Waals surface area contributed by atoms with Gasteiger partial charge in [-0.2, -0.15) is 0 Å². The van der Waals surface area contributed by atoms with E-state index in [-0.39, 0.29) is 11.9 Å². The van der Waals surface area contributed by atoms with Crippen LogP contribution in [0.1, 0.15) is 31.4 Å². The molecule has 0 bridgehead atoms. The molecule has 1 rings (SSSR count). The Hall–Kier alpha value is -1.39. The number of nitrogens with one attached hydrogen (secondary N) is 1. The van der Waals surface area contributed by atoms with Crippen LogP contribution < -0.4 is 16.8 Å². The molecule has 1 aromatic rings. The molecule has 0 spiro atoms. The fourth-order valence-electron chi connectivity index (χ4n) is 1.61. The monoisotopic (exact) mass is 235 g/mol. The minimum absolute atomic E-state index is 0.0207. The van der Waals surface area contributed by atoms with Crippen LogP contribution in [0.4, 0.5) is 0 Å². The second-order valence-corrected chi connectivity index (χ2v) is 4.18. The third-order valence-electron chi connectivity index (χ3n) is 2.71. The molecule has 1 unspecified atom stereocenters. The van der Waals surface area contributed by atoms with Gasteiger partial charge in [-0.3, -0.25) is 4.79 Å². The summed E-state index contributed by atoms with van der Waals surface area (Å²) >= 11 is 0. The smallest absolute Gasteiger partial charge is 0.237 e. The lowest BCUT2D eigenvalue weighted by Crippen LogP contribution is -2.41. The molecule has 0 aliphatic rings. The molecular formula is C13H21N3O. The van der Waals surface area contributed by atoms with Gasteiger partial charge in [0.15, 0.2) is 0 Å². The molecule has 94 valence electrons. The molecule has 0 saturated carbocycles. The van der Waals surface area contributed by atoms with E-state index in [4.69, 9.17) is 11.5 Å². The van der Waals surface area contributed by atoms with Gasteiger partial charge in [-0.25, -0.2) is 0 Å². The summed E-state index contributed by atoms with van der Waals surface area (Å²) in [5.41, 5.74) is 12.2. The summed E-state index contributed by atoms with van der Waals surface area (Å²) in [5, 5.41) is 2.90. The highest BCUT2D eigenvalue weighted by Crippen LogP contribution is 2.11. The van der Waals surface area contributed by atoms with Crippen LogP contribution in [0.3, 0.4) is 0 Å². The van der Waals surface area contributed by atoms with Crippen LogP contribution in [0.2, 0.25) is 0 Å². The predicted molar refractivity (Wildman–Crippen MR) is 69.3 cm³/mol. The third kappa shape index (κ3) is 4.54. The number of nitrogens with two attached hydrogens (primary N) is 2. The van der Waals surface area contributed by atoms with E-state index < -0.39 is 6.04 Å². The second-order valence-electron chi connectivity index (χ2n) is 4.18. The second kappa shape index (κ2) is 7.04. The lowest BCUT2D eigenvalue weighted by Gasteiger charge is -2.17. The third-order valence-corrected chi connectivity index (χ3v) is 2.71. The molecule has 1 amide bonds. The first kappa shape index (κ1) is 13.7. The Balaban J connectivity index is 2.46. The number of amides is 1. The lowest BCUT2D eigenvalue weighted by molar-refractivity contribution is -0.123. The summed E-state index contributed by atoms with van der Waals surface area (Å²) in [4.78, 5) is 11.8. The number of rotatable bonds is 6. The van der Waals surface area contributed by atoms with E-state index in [1.807, 2.05) is 37.3 Å². The van der Waals surface area contributed by atoms with Crippen LogP contribution in [0.5, 0.6) is 0 Å². The highest BCUT2D eigenvalue weighted by Gasteiger charge is 2.15. The van der Waals surface area contributed by atoms with Crippen LogP contribution in [-0.4, -0.2) is 18.5 Å². The zero-order chi connectivity index (χ0) is 12.7. The molecule has 1 aromatic carbocycles. The van der Waals surface area contributed by atoms with Gasteiger partial charge < -0.3 is 16.8 Å². The average molecular weight is 235 g/mol. The van der Waals surface area contributed by atoms with Gasteiger partial charge in [0.25, 0.3) is 0 Å². The topological polar surface area (TPSA) is 81.1 Å². The van der Waals surface area contributed by atoms with E-state index in [0.717, 1.165) is 12.0 Å². The van der Waals surface area contributed by atoms with Gasteiger partial charge in [0.1, 0.15) is 0 Å². The van der Waals surface area contributed by atoms with E-state index in [1.165, 1.54) is 0 Å². The Morgan fingerprint density at radius 1 is 1.35 bits per heavy atom. The van der Waals surface area contributed by atoms with Crippen molar-refractivity contribution in [1.29, 1.82) is 0 Å². The zero-order valence-electron chi connectivity index (χ0n) is 10.2. The number of benzene rings is 1.